The third-order valence-electron chi connectivity index (χ3n) is 3.15. The van der Waals surface area contributed by atoms with E-state index in [1.165, 1.54) is 6.08 Å². The predicted octanol–water partition coefficient (Wildman–Crippen LogP) is 3.32. The van der Waals surface area contributed by atoms with Gasteiger partial charge in [-0.25, -0.2) is 0 Å². The molecule has 0 atom stereocenters. The maximum absolute atomic E-state index is 12.6. The van der Waals surface area contributed by atoms with Crippen molar-refractivity contribution in [2.24, 2.45) is 0 Å². The van der Waals surface area contributed by atoms with Crippen LogP contribution in [0.4, 0.5) is 25.1 Å². The van der Waals surface area contributed by atoms with Crippen molar-refractivity contribution in [1.29, 1.82) is 0 Å². The molecule has 1 aromatic heterocycles. The molecule has 0 saturated heterocycles. The minimum absolute atomic E-state index is 0.0270. The fourth-order valence-electron chi connectivity index (χ4n) is 2.07. The van der Waals surface area contributed by atoms with E-state index in [-0.39, 0.29) is 29.5 Å². The fraction of sp³-hybridized carbons (Fsp3) is 0.467. The molecule has 130 valence electrons. The Bertz CT molecular complexity index is 682. The number of ketones is 1. The summed E-state index contributed by atoms with van der Waals surface area (Å²) < 4.78 is 37.9. The Hall–Kier alpha value is -2.45. The normalized spacial score (nSPS) is 15.2. The molecular formula is C15H18F3N5O. The van der Waals surface area contributed by atoms with Crippen LogP contribution in [-0.2, 0) is 4.79 Å². The van der Waals surface area contributed by atoms with Gasteiger partial charge in [0.15, 0.2) is 11.6 Å². The minimum Gasteiger partial charge on any atom is -0.352 e. The molecule has 1 aromatic rings. The lowest BCUT2D eigenvalue weighted by atomic mass is 9.98. The third-order valence-corrected chi connectivity index (χ3v) is 3.15. The Balaban J connectivity index is 2.38. The number of nitrogens with one attached hydrogen (secondary N) is 2. The average molecular weight is 341 g/mol. The van der Waals surface area contributed by atoms with Crippen LogP contribution >= 0.6 is 0 Å². The number of carbonyl (C=O) groups is 1. The van der Waals surface area contributed by atoms with E-state index in [1.54, 1.807) is 0 Å². The Labute approximate surface area is 137 Å². The first-order valence-corrected chi connectivity index (χ1v) is 7.44. The Kier molecular flexibility index (Phi) is 5.20. The molecule has 0 bridgehead atoms. The molecule has 0 saturated carbocycles. The molecule has 2 rings (SSSR count). The molecule has 9 heteroatoms. The first-order chi connectivity index (χ1) is 11.1. The van der Waals surface area contributed by atoms with E-state index in [9.17, 15) is 18.0 Å². The first kappa shape index (κ1) is 17.9. The number of alkyl halides is 3. The largest absolute Gasteiger partial charge is 0.430 e. The summed E-state index contributed by atoms with van der Waals surface area (Å²) in [5.74, 6) is -0.0151. The number of carbonyl (C=O) groups excluding carboxylic acids is 1. The monoisotopic (exact) mass is 341 g/mol. The van der Waals surface area contributed by atoms with Crippen molar-refractivity contribution in [3.63, 3.8) is 0 Å². The zero-order valence-corrected chi connectivity index (χ0v) is 13.4. The quantitative estimate of drug-likeness (QED) is 0.855. The maximum Gasteiger partial charge on any atom is 0.430 e. The van der Waals surface area contributed by atoms with Gasteiger partial charge in [-0.3, -0.25) is 4.79 Å². The van der Waals surface area contributed by atoms with Gasteiger partial charge in [0.2, 0.25) is 11.9 Å². The van der Waals surface area contributed by atoms with Crippen LogP contribution in [0.2, 0.25) is 0 Å². The molecule has 6 nitrogen and oxygen atoms in total. The van der Waals surface area contributed by atoms with Crippen LogP contribution in [0, 0.1) is 0 Å². The van der Waals surface area contributed by atoms with Crippen LogP contribution < -0.4 is 10.6 Å². The average Bonchev–Trinajstić information content (AvgIpc) is 2.45. The lowest BCUT2D eigenvalue weighted by Crippen LogP contribution is -2.21. The second-order valence-corrected chi connectivity index (χ2v) is 5.70. The topological polar surface area (TPSA) is 79.8 Å². The number of anilines is 2. The number of hydrogen-bond donors (Lipinski definition) is 2. The highest BCUT2D eigenvalue weighted by molar-refractivity contribution is 5.97. The predicted molar refractivity (Wildman–Crippen MR) is 84.2 cm³/mol. The third kappa shape index (κ3) is 4.77. The van der Waals surface area contributed by atoms with Crippen molar-refractivity contribution in [1.82, 2.24) is 15.0 Å². The second-order valence-electron chi connectivity index (χ2n) is 5.70. The number of nitrogens with zero attached hydrogens (tertiary/aromatic N) is 3. The highest BCUT2D eigenvalue weighted by atomic mass is 19.4. The molecular weight excluding hydrogens is 323 g/mol. The molecule has 0 aromatic carbocycles. The molecule has 1 heterocycles. The summed E-state index contributed by atoms with van der Waals surface area (Å²) in [5, 5.41) is 4.97. The van der Waals surface area contributed by atoms with E-state index in [1.807, 2.05) is 13.8 Å². The van der Waals surface area contributed by atoms with Crippen LogP contribution in [0.1, 0.15) is 38.9 Å². The van der Waals surface area contributed by atoms with Crippen molar-refractivity contribution >= 4 is 23.3 Å². The van der Waals surface area contributed by atoms with E-state index in [0.717, 1.165) is 0 Å². The number of aromatic nitrogens is 3. The van der Waals surface area contributed by atoms with E-state index in [2.05, 4.69) is 32.2 Å². The van der Waals surface area contributed by atoms with Gasteiger partial charge in [-0.05, 0) is 32.8 Å². The number of hydrogen-bond acceptors (Lipinski definition) is 6. The Morgan fingerprint density at radius 1 is 1.21 bits per heavy atom. The van der Waals surface area contributed by atoms with Gasteiger partial charge >= 0.3 is 6.18 Å². The van der Waals surface area contributed by atoms with Crippen LogP contribution in [0.3, 0.4) is 0 Å². The smallest absolute Gasteiger partial charge is 0.352 e. The van der Waals surface area contributed by atoms with E-state index < -0.39 is 11.9 Å². The summed E-state index contributed by atoms with van der Waals surface area (Å²) in [4.78, 5) is 23.7. The van der Waals surface area contributed by atoms with E-state index in [0.29, 0.717) is 24.8 Å². The van der Waals surface area contributed by atoms with E-state index in [4.69, 9.17) is 0 Å². The van der Waals surface area contributed by atoms with Crippen molar-refractivity contribution in [3.8, 4) is 0 Å². The number of halogens is 3. The summed E-state index contributed by atoms with van der Waals surface area (Å²) in [5.41, 5.74) is -0.593. The highest BCUT2D eigenvalue weighted by Crippen LogP contribution is 2.27. The number of rotatable bonds is 5. The molecule has 24 heavy (non-hydrogen) atoms. The molecule has 0 aliphatic heterocycles. The van der Waals surface area contributed by atoms with Crippen LogP contribution in [0.15, 0.2) is 18.4 Å². The molecule has 0 radical (unpaired) electrons. The first-order valence-electron chi connectivity index (χ1n) is 7.44. The van der Waals surface area contributed by atoms with Gasteiger partial charge in [-0.1, -0.05) is 6.58 Å². The van der Waals surface area contributed by atoms with Crippen molar-refractivity contribution < 1.29 is 18.0 Å². The fourth-order valence-corrected chi connectivity index (χ4v) is 2.07. The zero-order valence-electron chi connectivity index (χ0n) is 13.4. The molecule has 1 aliphatic rings. The lowest BCUT2D eigenvalue weighted by Gasteiger charge is -2.16. The number of allylic oxidation sites excluding steroid dienone is 3. The summed E-state index contributed by atoms with van der Waals surface area (Å²) in [6, 6.07) is -0.0270. The summed E-state index contributed by atoms with van der Waals surface area (Å²) in [7, 11) is 0. The van der Waals surface area contributed by atoms with Crippen LogP contribution in [-0.4, -0.2) is 33.0 Å². The van der Waals surface area contributed by atoms with Crippen molar-refractivity contribution in [3.05, 3.63) is 24.2 Å². The molecule has 0 unspecified atom stereocenters. The minimum atomic E-state index is -4.61. The standard InChI is InChI=1S/C15H18F3N5O/c1-8(2)19-13-21-12(10-5-4-6-11(24)7-10)22-14(23-13)20-9(3)15(16,17)18/h7-8H,3-6H2,1-2H3,(H2,19,20,21,22,23). The summed E-state index contributed by atoms with van der Waals surface area (Å²) >= 11 is 0. The van der Waals surface area contributed by atoms with E-state index >= 15 is 0 Å². The summed E-state index contributed by atoms with van der Waals surface area (Å²) in [6.07, 6.45) is -1.50. The molecule has 0 spiro atoms. The summed E-state index contributed by atoms with van der Waals surface area (Å²) in [6.45, 7) is 6.62. The molecule has 2 N–H and O–H groups in total. The van der Waals surface area contributed by atoms with Crippen molar-refractivity contribution in [2.45, 2.75) is 45.3 Å². The molecule has 0 fully saturated rings. The van der Waals surface area contributed by atoms with Gasteiger partial charge in [0.25, 0.3) is 0 Å². The van der Waals surface area contributed by atoms with Gasteiger partial charge in [0, 0.05) is 18.0 Å². The van der Waals surface area contributed by atoms with Crippen LogP contribution in [0.25, 0.3) is 5.57 Å². The van der Waals surface area contributed by atoms with Crippen LogP contribution in [0.5, 0.6) is 0 Å². The van der Waals surface area contributed by atoms with Gasteiger partial charge < -0.3 is 10.6 Å². The Morgan fingerprint density at radius 3 is 2.46 bits per heavy atom. The van der Waals surface area contributed by atoms with Gasteiger partial charge in [-0.15, -0.1) is 0 Å². The maximum atomic E-state index is 12.6. The van der Waals surface area contributed by atoms with Gasteiger partial charge in [-0.2, -0.15) is 28.1 Å². The Morgan fingerprint density at radius 2 is 1.88 bits per heavy atom. The highest BCUT2D eigenvalue weighted by Gasteiger charge is 2.33. The molecule has 1 aliphatic carbocycles. The SMILES string of the molecule is C=C(Nc1nc(NC(C)C)nc(C2=CC(=O)CCC2)n1)C(F)(F)F. The zero-order chi connectivity index (χ0) is 17.9. The van der Waals surface area contributed by atoms with Gasteiger partial charge in [0.1, 0.15) is 5.70 Å². The molecule has 0 amide bonds. The van der Waals surface area contributed by atoms with Crippen molar-refractivity contribution in [2.75, 3.05) is 10.6 Å². The van der Waals surface area contributed by atoms with Gasteiger partial charge in [0.05, 0.1) is 0 Å². The lowest BCUT2D eigenvalue weighted by molar-refractivity contribution is -0.114. The second kappa shape index (κ2) is 6.98.